The smallest absolute Gasteiger partial charge is 0.191 e. The zero-order valence-electron chi connectivity index (χ0n) is 17.8. The van der Waals surface area contributed by atoms with Crippen LogP contribution in [0.25, 0.3) is 0 Å². The molecule has 2 rings (SSSR count). The molecule has 154 valence electrons. The molecule has 0 aromatic heterocycles. The van der Waals surface area contributed by atoms with Crippen LogP contribution in [0.15, 0.2) is 4.99 Å². The average molecular weight is 479 g/mol. The fourth-order valence-electron chi connectivity index (χ4n) is 4.23. The van der Waals surface area contributed by atoms with Crippen LogP contribution in [0, 0.1) is 17.8 Å². The fraction of sp³-hybridized carbons (Fsp3) is 0.950. The quantitative estimate of drug-likeness (QED) is 0.350. The summed E-state index contributed by atoms with van der Waals surface area (Å²) in [7, 11) is 1.89. The van der Waals surface area contributed by atoms with Crippen molar-refractivity contribution in [3.8, 4) is 0 Å². The standard InChI is InChI=1S/C20H41N5.HI/c1-15(2)11-24-9-7-8-18(13-24)10-22-20(21-6)23-19-14-25(16(3)4)12-17(19)5;/h15-19H,7-14H2,1-6H3,(H2,21,22,23);1H. The van der Waals surface area contributed by atoms with Crippen LogP contribution in [0.1, 0.15) is 47.5 Å². The number of rotatable bonds is 6. The molecule has 2 N–H and O–H groups in total. The van der Waals surface area contributed by atoms with E-state index in [-0.39, 0.29) is 24.0 Å². The third-order valence-corrected chi connectivity index (χ3v) is 5.70. The third kappa shape index (κ3) is 7.50. The van der Waals surface area contributed by atoms with Crippen molar-refractivity contribution < 1.29 is 0 Å². The second kappa shape index (κ2) is 11.7. The van der Waals surface area contributed by atoms with Gasteiger partial charge in [-0.1, -0.05) is 20.8 Å². The lowest BCUT2D eigenvalue weighted by Gasteiger charge is -2.34. The van der Waals surface area contributed by atoms with Crippen LogP contribution in [0.2, 0.25) is 0 Å². The molecule has 0 spiro atoms. The topological polar surface area (TPSA) is 42.9 Å². The summed E-state index contributed by atoms with van der Waals surface area (Å²) in [4.78, 5) is 9.66. The van der Waals surface area contributed by atoms with Crippen molar-refractivity contribution in [3.05, 3.63) is 0 Å². The fourth-order valence-corrected chi connectivity index (χ4v) is 4.23. The van der Waals surface area contributed by atoms with E-state index in [1.165, 1.54) is 39.0 Å². The Labute approximate surface area is 178 Å². The number of likely N-dealkylation sites (tertiary alicyclic amines) is 2. The van der Waals surface area contributed by atoms with Gasteiger partial charge in [-0.25, -0.2) is 0 Å². The van der Waals surface area contributed by atoms with Crippen molar-refractivity contribution in [2.75, 3.05) is 46.3 Å². The molecule has 2 aliphatic rings. The Balaban J connectivity index is 0.00000338. The van der Waals surface area contributed by atoms with Crippen LogP contribution < -0.4 is 10.6 Å². The van der Waals surface area contributed by atoms with E-state index in [0.717, 1.165) is 30.9 Å². The minimum absolute atomic E-state index is 0. The summed E-state index contributed by atoms with van der Waals surface area (Å²) in [6.07, 6.45) is 2.66. The molecule has 2 saturated heterocycles. The summed E-state index contributed by atoms with van der Waals surface area (Å²) in [5.74, 6) is 3.13. The normalized spacial score (nSPS) is 28.5. The number of aliphatic imine (C=N–C) groups is 1. The average Bonchev–Trinajstić information content (AvgIpc) is 2.92. The monoisotopic (exact) mass is 479 g/mol. The molecule has 2 heterocycles. The summed E-state index contributed by atoms with van der Waals surface area (Å²) in [6.45, 7) is 18.6. The van der Waals surface area contributed by atoms with Crippen LogP contribution in [-0.2, 0) is 0 Å². The molecule has 5 nitrogen and oxygen atoms in total. The van der Waals surface area contributed by atoms with Crippen molar-refractivity contribution in [1.29, 1.82) is 0 Å². The minimum atomic E-state index is 0. The maximum absolute atomic E-state index is 4.47. The van der Waals surface area contributed by atoms with E-state index in [1.807, 2.05) is 7.05 Å². The van der Waals surface area contributed by atoms with E-state index >= 15 is 0 Å². The molecule has 26 heavy (non-hydrogen) atoms. The molecule has 3 atom stereocenters. The van der Waals surface area contributed by atoms with E-state index in [4.69, 9.17) is 0 Å². The molecule has 3 unspecified atom stereocenters. The Bertz CT molecular complexity index is 426. The number of piperidine rings is 1. The summed E-state index contributed by atoms with van der Waals surface area (Å²) in [5, 5.41) is 7.27. The van der Waals surface area contributed by atoms with E-state index in [0.29, 0.717) is 18.0 Å². The third-order valence-electron chi connectivity index (χ3n) is 5.70. The van der Waals surface area contributed by atoms with Gasteiger partial charge in [-0.3, -0.25) is 9.89 Å². The molecule has 0 amide bonds. The summed E-state index contributed by atoms with van der Waals surface area (Å²) in [6, 6.07) is 1.12. The largest absolute Gasteiger partial charge is 0.356 e. The van der Waals surface area contributed by atoms with Gasteiger partial charge in [-0.2, -0.15) is 0 Å². The van der Waals surface area contributed by atoms with Crippen LogP contribution in [0.5, 0.6) is 0 Å². The van der Waals surface area contributed by atoms with E-state index in [2.05, 4.69) is 60.0 Å². The van der Waals surface area contributed by atoms with Gasteiger partial charge >= 0.3 is 0 Å². The first kappa shape index (κ1) is 24.0. The molecule has 0 bridgehead atoms. The highest BCUT2D eigenvalue weighted by molar-refractivity contribution is 14.0. The van der Waals surface area contributed by atoms with Crippen LogP contribution in [-0.4, -0.2) is 74.2 Å². The van der Waals surface area contributed by atoms with Gasteiger partial charge in [0, 0.05) is 51.9 Å². The Morgan fingerprint density at radius 1 is 1.15 bits per heavy atom. The molecule has 0 aromatic carbocycles. The van der Waals surface area contributed by atoms with E-state index < -0.39 is 0 Å². The number of halogens is 1. The lowest BCUT2D eigenvalue weighted by molar-refractivity contribution is 0.159. The van der Waals surface area contributed by atoms with Crippen LogP contribution >= 0.6 is 24.0 Å². The van der Waals surface area contributed by atoms with Crippen LogP contribution in [0.4, 0.5) is 0 Å². The second-order valence-electron chi connectivity index (χ2n) is 8.89. The van der Waals surface area contributed by atoms with Gasteiger partial charge in [0.25, 0.3) is 0 Å². The SMILES string of the molecule is CN=C(NCC1CCCN(CC(C)C)C1)NC1CN(C(C)C)CC1C.I. The van der Waals surface area contributed by atoms with Crippen molar-refractivity contribution in [2.45, 2.75) is 59.5 Å². The Kier molecular flexibility index (Phi) is 10.8. The highest BCUT2D eigenvalue weighted by atomic mass is 127. The van der Waals surface area contributed by atoms with Gasteiger partial charge in [-0.05, 0) is 51.0 Å². The van der Waals surface area contributed by atoms with E-state index in [1.54, 1.807) is 0 Å². The van der Waals surface area contributed by atoms with Gasteiger partial charge in [0.2, 0.25) is 0 Å². The number of nitrogens with one attached hydrogen (secondary N) is 2. The Hall–Kier alpha value is -0.0800. The maximum Gasteiger partial charge on any atom is 0.191 e. The predicted molar refractivity (Wildman–Crippen MR) is 124 cm³/mol. The number of hydrogen-bond acceptors (Lipinski definition) is 3. The summed E-state index contributed by atoms with van der Waals surface area (Å²) < 4.78 is 0. The van der Waals surface area contributed by atoms with Gasteiger partial charge in [-0.15, -0.1) is 24.0 Å². The van der Waals surface area contributed by atoms with Gasteiger partial charge in [0.15, 0.2) is 5.96 Å². The summed E-state index contributed by atoms with van der Waals surface area (Å²) in [5.41, 5.74) is 0. The molecule has 2 fully saturated rings. The van der Waals surface area contributed by atoms with Crippen molar-refractivity contribution >= 4 is 29.9 Å². The molecule has 0 saturated carbocycles. The molecule has 2 aliphatic heterocycles. The maximum atomic E-state index is 4.47. The molecule has 0 aromatic rings. The minimum Gasteiger partial charge on any atom is -0.356 e. The number of guanidine groups is 1. The second-order valence-corrected chi connectivity index (χ2v) is 8.89. The first-order chi connectivity index (χ1) is 11.9. The Morgan fingerprint density at radius 2 is 1.88 bits per heavy atom. The lowest BCUT2D eigenvalue weighted by Crippen LogP contribution is -2.49. The number of nitrogens with zero attached hydrogens (tertiary/aromatic N) is 3. The number of hydrogen-bond donors (Lipinski definition) is 2. The Morgan fingerprint density at radius 3 is 2.46 bits per heavy atom. The molecule has 0 aliphatic carbocycles. The van der Waals surface area contributed by atoms with Gasteiger partial charge in [0.1, 0.15) is 0 Å². The van der Waals surface area contributed by atoms with Crippen molar-refractivity contribution in [1.82, 2.24) is 20.4 Å². The lowest BCUT2D eigenvalue weighted by atomic mass is 9.97. The van der Waals surface area contributed by atoms with Crippen LogP contribution in [0.3, 0.4) is 0 Å². The highest BCUT2D eigenvalue weighted by Crippen LogP contribution is 2.19. The first-order valence-electron chi connectivity index (χ1n) is 10.3. The molecule has 0 radical (unpaired) electrons. The zero-order chi connectivity index (χ0) is 18.4. The first-order valence-corrected chi connectivity index (χ1v) is 10.3. The van der Waals surface area contributed by atoms with E-state index in [9.17, 15) is 0 Å². The molecular formula is C20H42IN5. The predicted octanol–water partition coefficient (Wildman–Crippen LogP) is 2.87. The van der Waals surface area contributed by atoms with Crippen molar-refractivity contribution in [3.63, 3.8) is 0 Å². The summed E-state index contributed by atoms with van der Waals surface area (Å²) >= 11 is 0. The molecular weight excluding hydrogens is 437 g/mol. The highest BCUT2D eigenvalue weighted by Gasteiger charge is 2.31. The zero-order valence-corrected chi connectivity index (χ0v) is 20.1. The van der Waals surface area contributed by atoms with Gasteiger partial charge in [0.05, 0.1) is 0 Å². The van der Waals surface area contributed by atoms with Crippen molar-refractivity contribution in [2.24, 2.45) is 22.7 Å². The van der Waals surface area contributed by atoms with Gasteiger partial charge < -0.3 is 15.5 Å². The molecule has 6 heteroatoms.